The van der Waals surface area contributed by atoms with Crippen LogP contribution >= 0.6 is 0 Å². The molecule has 1 amide bonds. The van der Waals surface area contributed by atoms with Crippen LogP contribution in [0.4, 0.5) is 0 Å². The van der Waals surface area contributed by atoms with Gasteiger partial charge < -0.3 is 5.73 Å². The van der Waals surface area contributed by atoms with Crippen molar-refractivity contribution in [1.29, 1.82) is 0 Å². The Kier molecular flexibility index (Phi) is 3.70. The monoisotopic (exact) mass is 241 g/mol. The van der Waals surface area contributed by atoms with Gasteiger partial charge in [0.1, 0.15) is 5.75 Å². The van der Waals surface area contributed by atoms with E-state index in [0.29, 0.717) is 0 Å². The van der Waals surface area contributed by atoms with Crippen LogP contribution in [0.2, 0.25) is 0 Å². The summed E-state index contributed by atoms with van der Waals surface area (Å²) in [5.74, 6) is -1.55. The molecule has 88 valence electrons. The lowest BCUT2D eigenvalue weighted by molar-refractivity contribution is -0.115. The van der Waals surface area contributed by atoms with Crippen LogP contribution < -0.4 is 5.73 Å². The highest BCUT2D eigenvalue weighted by Crippen LogP contribution is 2.14. The molecule has 0 spiro atoms. The molecule has 0 bridgehead atoms. The van der Waals surface area contributed by atoms with Gasteiger partial charge in [-0.1, -0.05) is 23.8 Å². The number of sulfone groups is 1. The molecule has 16 heavy (non-hydrogen) atoms. The van der Waals surface area contributed by atoms with Crippen molar-refractivity contribution in [2.45, 2.75) is 19.6 Å². The topological polar surface area (TPSA) is 77.2 Å². The Morgan fingerprint density at radius 3 is 2.50 bits per heavy atom. The van der Waals surface area contributed by atoms with E-state index in [9.17, 15) is 13.2 Å². The average molecular weight is 241 g/mol. The first-order chi connectivity index (χ1) is 7.30. The number of rotatable bonds is 4. The van der Waals surface area contributed by atoms with Gasteiger partial charge in [0.25, 0.3) is 0 Å². The summed E-state index contributed by atoms with van der Waals surface area (Å²) in [4.78, 5) is 10.6. The van der Waals surface area contributed by atoms with Crippen molar-refractivity contribution < 1.29 is 13.2 Å². The summed E-state index contributed by atoms with van der Waals surface area (Å²) >= 11 is 0. The smallest absolute Gasteiger partial charge is 0.232 e. The van der Waals surface area contributed by atoms with Gasteiger partial charge >= 0.3 is 0 Å². The lowest BCUT2D eigenvalue weighted by atomic mass is 10.1. The van der Waals surface area contributed by atoms with Gasteiger partial charge in [-0.3, -0.25) is 4.79 Å². The Bertz CT molecular complexity index is 506. The van der Waals surface area contributed by atoms with Gasteiger partial charge in [0.15, 0.2) is 9.84 Å². The Balaban J connectivity index is 2.96. The third-order valence-electron chi connectivity index (χ3n) is 2.24. The molecule has 1 rings (SSSR count). The fourth-order valence-electron chi connectivity index (χ4n) is 1.46. The molecule has 2 N–H and O–H groups in total. The van der Waals surface area contributed by atoms with Crippen LogP contribution in [0.1, 0.15) is 16.7 Å². The highest BCUT2D eigenvalue weighted by atomic mass is 32.2. The highest BCUT2D eigenvalue weighted by Gasteiger charge is 2.16. The molecule has 0 fully saturated rings. The van der Waals surface area contributed by atoms with Crippen LogP contribution in [0.15, 0.2) is 18.2 Å². The van der Waals surface area contributed by atoms with E-state index in [2.05, 4.69) is 0 Å². The highest BCUT2D eigenvalue weighted by molar-refractivity contribution is 7.91. The standard InChI is InChI=1S/C11H15NO3S/c1-8-3-4-9(2)10(5-8)6-16(14,15)7-11(12)13/h3-5H,6-7H2,1-2H3,(H2,12,13). The van der Waals surface area contributed by atoms with Crippen molar-refractivity contribution in [1.82, 2.24) is 0 Å². The molecular weight excluding hydrogens is 226 g/mol. The third kappa shape index (κ3) is 3.66. The second-order valence-corrected chi connectivity index (χ2v) is 5.99. The number of primary amides is 1. The van der Waals surface area contributed by atoms with E-state index in [1.54, 1.807) is 0 Å². The number of hydrogen-bond acceptors (Lipinski definition) is 3. The Morgan fingerprint density at radius 1 is 1.31 bits per heavy atom. The summed E-state index contributed by atoms with van der Waals surface area (Å²) in [6.07, 6.45) is 0. The number of nitrogens with two attached hydrogens (primary N) is 1. The first-order valence-electron chi connectivity index (χ1n) is 4.85. The van der Waals surface area contributed by atoms with E-state index in [1.807, 2.05) is 32.0 Å². The summed E-state index contributed by atoms with van der Waals surface area (Å²) < 4.78 is 23.1. The number of amides is 1. The van der Waals surface area contributed by atoms with Crippen molar-refractivity contribution in [3.8, 4) is 0 Å². The fraction of sp³-hybridized carbons (Fsp3) is 0.364. The minimum absolute atomic E-state index is 0.135. The molecule has 0 heterocycles. The zero-order chi connectivity index (χ0) is 12.3. The molecule has 0 radical (unpaired) electrons. The predicted molar refractivity (Wildman–Crippen MR) is 62.6 cm³/mol. The molecule has 4 nitrogen and oxygen atoms in total. The molecule has 1 aromatic carbocycles. The number of carbonyl (C=O) groups is 1. The molecule has 1 aromatic rings. The molecule has 0 saturated carbocycles. The molecule has 0 atom stereocenters. The molecule has 0 aromatic heterocycles. The predicted octanol–water partition coefficient (Wildman–Crippen LogP) is 0.704. The maximum Gasteiger partial charge on any atom is 0.232 e. The molecule has 0 saturated heterocycles. The fourth-order valence-corrected chi connectivity index (χ4v) is 2.78. The van der Waals surface area contributed by atoms with Gasteiger partial charge in [-0.25, -0.2) is 8.42 Å². The normalized spacial score (nSPS) is 11.4. The number of carbonyl (C=O) groups excluding carboxylic acids is 1. The van der Waals surface area contributed by atoms with E-state index in [4.69, 9.17) is 5.73 Å². The zero-order valence-electron chi connectivity index (χ0n) is 9.36. The van der Waals surface area contributed by atoms with Crippen LogP contribution in [0.3, 0.4) is 0 Å². The van der Waals surface area contributed by atoms with Crippen molar-refractivity contribution in [3.05, 3.63) is 34.9 Å². The quantitative estimate of drug-likeness (QED) is 0.843. The zero-order valence-corrected chi connectivity index (χ0v) is 10.2. The molecule has 0 unspecified atom stereocenters. The number of hydrogen-bond donors (Lipinski definition) is 1. The minimum atomic E-state index is -3.45. The van der Waals surface area contributed by atoms with Crippen LogP contribution in [-0.4, -0.2) is 20.1 Å². The average Bonchev–Trinajstić information content (AvgIpc) is 2.08. The van der Waals surface area contributed by atoms with Gasteiger partial charge in [-0.15, -0.1) is 0 Å². The first-order valence-corrected chi connectivity index (χ1v) is 6.67. The van der Waals surface area contributed by atoms with Crippen molar-refractivity contribution in [3.63, 3.8) is 0 Å². The van der Waals surface area contributed by atoms with E-state index in [-0.39, 0.29) is 5.75 Å². The second-order valence-electron chi connectivity index (χ2n) is 3.93. The Hall–Kier alpha value is -1.36. The Labute approximate surface area is 95.4 Å². The number of benzene rings is 1. The van der Waals surface area contributed by atoms with Crippen molar-refractivity contribution >= 4 is 15.7 Å². The maximum absolute atomic E-state index is 11.6. The van der Waals surface area contributed by atoms with Crippen LogP contribution in [0.5, 0.6) is 0 Å². The lowest BCUT2D eigenvalue weighted by Gasteiger charge is -2.07. The molecule has 0 aliphatic carbocycles. The third-order valence-corrected chi connectivity index (χ3v) is 3.72. The first kappa shape index (κ1) is 12.7. The van der Waals surface area contributed by atoms with Crippen LogP contribution in [0.25, 0.3) is 0 Å². The van der Waals surface area contributed by atoms with E-state index >= 15 is 0 Å². The molecule has 0 aliphatic rings. The second kappa shape index (κ2) is 4.65. The molecular formula is C11H15NO3S. The van der Waals surface area contributed by atoms with Gasteiger partial charge in [-0.05, 0) is 25.0 Å². The van der Waals surface area contributed by atoms with Crippen LogP contribution in [0, 0.1) is 13.8 Å². The van der Waals surface area contributed by atoms with E-state index in [0.717, 1.165) is 16.7 Å². The summed E-state index contributed by atoms with van der Waals surface area (Å²) in [5, 5.41) is 0. The number of aryl methyl sites for hydroxylation is 2. The summed E-state index contributed by atoms with van der Waals surface area (Å²) in [6.45, 7) is 3.73. The SMILES string of the molecule is Cc1ccc(C)c(CS(=O)(=O)CC(N)=O)c1. The van der Waals surface area contributed by atoms with Gasteiger partial charge in [-0.2, -0.15) is 0 Å². The van der Waals surface area contributed by atoms with Gasteiger partial charge in [0, 0.05) is 0 Å². The molecule has 0 aliphatic heterocycles. The van der Waals surface area contributed by atoms with Crippen LogP contribution in [-0.2, 0) is 20.4 Å². The van der Waals surface area contributed by atoms with Gasteiger partial charge in [0.05, 0.1) is 5.75 Å². The largest absolute Gasteiger partial charge is 0.369 e. The van der Waals surface area contributed by atoms with Gasteiger partial charge in [0.2, 0.25) is 5.91 Å². The summed E-state index contributed by atoms with van der Waals surface area (Å²) in [6, 6.07) is 5.60. The lowest BCUT2D eigenvalue weighted by Crippen LogP contribution is -2.24. The maximum atomic E-state index is 11.6. The van der Waals surface area contributed by atoms with Crippen molar-refractivity contribution in [2.24, 2.45) is 5.73 Å². The Morgan fingerprint density at radius 2 is 1.94 bits per heavy atom. The summed E-state index contributed by atoms with van der Waals surface area (Å²) in [7, 11) is -3.45. The minimum Gasteiger partial charge on any atom is -0.369 e. The van der Waals surface area contributed by atoms with Crippen molar-refractivity contribution in [2.75, 3.05) is 5.75 Å². The van der Waals surface area contributed by atoms with E-state index < -0.39 is 21.5 Å². The molecule has 5 heteroatoms. The summed E-state index contributed by atoms with van der Waals surface area (Å²) in [5.41, 5.74) is 7.50. The van der Waals surface area contributed by atoms with E-state index in [1.165, 1.54) is 0 Å².